The van der Waals surface area contributed by atoms with Gasteiger partial charge in [0.05, 0.1) is 0 Å². The van der Waals surface area contributed by atoms with Crippen LogP contribution in [0.1, 0.15) is 26.2 Å². The Labute approximate surface area is 90.1 Å². The summed E-state index contributed by atoms with van der Waals surface area (Å²) in [6, 6.07) is 0. The molecule has 5 heteroatoms. The molecule has 0 bridgehead atoms. The molecule has 0 aromatic carbocycles. The van der Waals surface area contributed by atoms with Gasteiger partial charge in [-0.1, -0.05) is 6.92 Å². The minimum absolute atomic E-state index is 0.0310. The Hall–Kier alpha value is -1.10. The molecule has 0 spiro atoms. The predicted molar refractivity (Wildman–Crippen MR) is 59.9 cm³/mol. The SMILES string of the molecule is CCCNCCCCn1ncn(C)c1=O. The highest BCUT2D eigenvalue weighted by atomic mass is 16.2. The van der Waals surface area contributed by atoms with E-state index in [-0.39, 0.29) is 5.69 Å². The van der Waals surface area contributed by atoms with Crippen LogP contribution in [0.2, 0.25) is 0 Å². The van der Waals surface area contributed by atoms with Crippen molar-refractivity contribution in [2.45, 2.75) is 32.7 Å². The van der Waals surface area contributed by atoms with E-state index in [1.165, 1.54) is 15.7 Å². The van der Waals surface area contributed by atoms with Crippen LogP contribution in [0.4, 0.5) is 0 Å². The first-order valence-corrected chi connectivity index (χ1v) is 5.55. The lowest BCUT2D eigenvalue weighted by molar-refractivity contribution is 0.519. The Morgan fingerprint density at radius 3 is 2.80 bits per heavy atom. The number of unbranched alkanes of at least 4 members (excludes halogenated alkanes) is 1. The zero-order valence-electron chi connectivity index (χ0n) is 9.57. The van der Waals surface area contributed by atoms with Gasteiger partial charge in [0.15, 0.2) is 0 Å². The first-order valence-electron chi connectivity index (χ1n) is 5.55. The van der Waals surface area contributed by atoms with Crippen LogP contribution in [0, 0.1) is 0 Å². The Kier molecular flexibility index (Phi) is 5.10. The van der Waals surface area contributed by atoms with Crippen LogP contribution in [-0.2, 0) is 13.6 Å². The third kappa shape index (κ3) is 3.87. The molecule has 0 atom stereocenters. The number of aryl methyl sites for hydroxylation is 2. The van der Waals surface area contributed by atoms with Crippen molar-refractivity contribution in [2.75, 3.05) is 13.1 Å². The van der Waals surface area contributed by atoms with Crippen molar-refractivity contribution < 1.29 is 0 Å². The van der Waals surface area contributed by atoms with Crippen molar-refractivity contribution in [3.8, 4) is 0 Å². The zero-order valence-corrected chi connectivity index (χ0v) is 9.57. The second-order valence-corrected chi connectivity index (χ2v) is 3.70. The fraction of sp³-hybridized carbons (Fsp3) is 0.800. The number of hydrogen-bond acceptors (Lipinski definition) is 3. The smallest absolute Gasteiger partial charge is 0.317 e. The van der Waals surface area contributed by atoms with Crippen LogP contribution < -0.4 is 11.0 Å². The second-order valence-electron chi connectivity index (χ2n) is 3.70. The molecule has 0 amide bonds. The maximum atomic E-state index is 11.4. The van der Waals surface area contributed by atoms with E-state index in [1.807, 2.05) is 0 Å². The minimum atomic E-state index is -0.0310. The van der Waals surface area contributed by atoms with Gasteiger partial charge in [-0.25, -0.2) is 9.48 Å². The average Bonchev–Trinajstić information content (AvgIpc) is 2.54. The molecule has 1 rings (SSSR count). The number of nitrogens with one attached hydrogen (secondary N) is 1. The molecule has 5 nitrogen and oxygen atoms in total. The zero-order chi connectivity index (χ0) is 11.1. The van der Waals surface area contributed by atoms with E-state index < -0.39 is 0 Å². The monoisotopic (exact) mass is 212 g/mol. The molecule has 1 heterocycles. The van der Waals surface area contributed by atoms with Gasteiger partial charge >= 0.3 is 5.69 Å². The van der Waals surface area contributed by atoms with E-state index in [9.17, 15) is 4.79 Å². The van der Waals surface area contributed by atoms with Crippen molar-refractivity contribution in [1.82, 2.24) is 19.7 Å². The lowest BCUT2D eigenvalue weighted by Crippen LogP contribution is -2.23. The first-order chi connectivity index (χ1) is 7.25. The van der Waals surface area contributed by atoms with Crippen molar-refractivity contribution in [1.29, 1.82) is 0 Å². The second kappa shape index (κ2) is 6.40. The molecular formula is C10H20N4O. The molecule has 0 saturated heterocycles. The summed E-state index contributed by atoms with van der Waals surface area (Å²) >= 11 is 0. The Balaban J connectivity index is 2.15. The molecule has 1 aromatic heterocycles. The maximum Gasteiger partial charge on any atom is 0.345 e. The molecule has 0 saturated carbocycles. The summed E-state index contributed by atoms with van der Waals surface area (Å²) in [4.78, 5) is 11.4. The van der Waals surface area contributed by atoms with Crippen molar-refractivity contribution >= 4 is 0 Å². The molecule has 0 radical (unpaired) electrons. The highest BCUT2D eigenvalue weighted by Crippen LogP contribution is 1.90. The number of nitrogens with zero attached hydrogens (tertiary/aromatic N) is 3. The lowest BCUT2D eigenvalue weighted by Gasteiger charge is -2.02. The molecule has 0 fully saturated rings. The molecule has 0 aliphatic rings. The van der Waals surface area contributed by atoms with Gasteiger partial charge in [-0.2, -0.15) is 5.10 Å². The van der Waals surface area contributed by atoms with Crippen molar-refractivity contribution in [3.63, 3.8) is 0 Å². The van der Waals surface area contributed by atoms with E-state index >= 15 is 0 Å². The summed E-state index contributed by atoms with van der Waals surface area (Å²) in [6.45, 7) is 4.97. The maximum absolute atomic E-state index is 11.4. The normalized spacial score (nSPS) is 10.8. The van der Waals surface area contributed by atoms with Gasteiger partial charge in [0.1, 0.15) is 6.33 Å². The summed E-state index contributed by atoms with van der Waals surface area (Å²) < 4.78 is 3.01. The number of rotatable bonds is 7. The highest BCUT2D eigenvalue weighted by Gasteiger charge is 1.99. The predicted octanol–water partition coefficient (Wildman–Crippen LogP) is 0.362. The fourth-order valence-corrected chi connectivity index (χ4v) is 1.39. The van der Waals surface area contributed by atoms with Crippen LogP contribution in [0.15, 0.2) is 11.1 Å². The number of hydrogen-bond donors (Lipinski definition) is 1. The van der Waals surface area contributed by atoms with Crippen molar-refractivity contribution in [2.24, 2.45) is 7.05 Å². The Bertz CT molecular complexity index is 328. The first kappa shape index (κ1) is 12.0. The van der Waals surface area contributed by atoms with Gasteiger partial charge in [-0.3, -0.25) is 4.57 Å². The van der Waals surface area contributed by atoms with Crippen LogP contribution in [0.25, 0.3) is 0 Å². The Morgan fingerprint density at radius 1 is 1.40 bits per heavy atom. The van der Waals surface area contributed by atoms with E-state index in [2.05, 4.69) is 17.3 Å². The molecule has 86 valence electrons. The summed E-state index contributed by atoms with van der Waals surface area (Å²) in [6.07, 6.45) is 4.80. The largest absolute Gasteiger partial charge is 0.345 e. The summed E-state index contributed by atoms with van der Waals surface area (Å²) in [5.41, 5.74) is -0.0310. The van der Waals surface area contributed by atoms with Crippen LogP contribution in [0.5, 0.6) is 0 Å². The standard InChI is InChI=1S/C10H20N4O/c1-3-6-11-7-4-5-8-14-10(15)13(2)9-12-14/h9,11H,3-8H2,1-2H3. The highest BCUT2D eigenvalue weighted by molar-refractivity contribution is 4.64. The molecular weight excluding hydrogens is 192 g/mol. The van der Waals surface area contributed by atoms with Crippen LogP contribution in [0.3, 0.4) is 0 Å². The topological polar surface area (TPSA) is 51.9 Å². The fourth-order valence-electron chi connectivity index (χ4n) is 1.39. The third-order valence-electron chi connectivity index (χ3n) is 2.29. The molecule has 1 N–H and O–H groups in total. The van der Waals surface area contributed by atoms with Crippen LogP contribution in [-0.4, -0.2) is 27.4 Å². The van der Waals surface area contributed by atoms with E-state index in [0.717, 1.165) is 25.9 Å². The van der Waals surface area contributed by atoms with Gasteiger partial charge in [0.25, 0.3) is 0 Å². The third-order valence-corrected chi connectivity index (χ3v) is 2.29. The average molecular weight is 212 g/mol. The van der Waals surface area contributed by atoms with Gasteiger partial charge in [0, 0.05) is 13.6 Å². The molecule has 0 unspecified atom stereocenters. The van der Waals surface area contributed by atoms with E-state index in [4.69, 9.17) is 0 Å². The van der Waals surface area contributed by atoms with Crippen molar-refractivity contribution in [3.05, 3.63) is 16.8 Å². The quantitative estimate of drug-likeness (QED) is 0.664. The lowest BCUT2D eigenvalue weighted by atomic mass is 10.3. The molecule has 0 aliphatic carbocycles. The van der Waals surface area contributed by atoms with Gasteiger partial charge in [0.2, 0.25) is 0 Å². The molecule has 0 aliphatic heterocycles. The number of aromatic nitrogens is 3. The Morgan fingerprint density at radius 2 is 2.20 bits per heavy atom. The molecule has 15 heavy (non-hydrogen) atoms. The summed E-state index contributed by atoms with van der Waals surface area (Å²) in [7, 11) is 1.72. The minimum Gasteiger partial charge on any atom is -0.317 e. The van der Waals surface area contributed by atoms with Crippen LogP contribution >= 0.6 is 0 Å². The summed E-state index contributed by atoms with van der Waals surface area (Å²) in [5.74, 6) is 0. The molecule has 1 aromatic rings. The van der Waals surface area contributed by atoms with E-state index in [1.54, 1.807) is 13.4 Å². The van der Waals surface area contributed by atoms with Gasteiger partial charge in [-0.15, -0.1) is 0 Å². The van der Waals surface area contributed by atoms with E-state index in [0.29, 0.717) is 6.54 Å². The van der Waals surface area contributed by atoms with Gasteiger partial charge in [-0.05, 0) is 32.4 Å². The summed E-state index contributed by atoms with van der Waals surface area (Å²) in [5, 5.41) is 7.32. The van der Waals surface area contributed by atoms with Gasteiger partial charge < -0.3 is 5.32 Å².